The highest BCUT2D eigenvalue weighted by molar-refractivity contribution is 6.56. The normalized spacial score (nSPS) is 25.4. The van der Waals surface area contributed by atoms with E-state index in [9.17, 15) is 5.26 Å². The van der Waals surface area contributed by atoms with Crippen molar-refractivity contribution in [2.24, 2.45) is 0 Å². The molecule has 0 radical (unpaired) electrons. The lowest BCUT2D eigenvalue weighted by molar-refractivity contribution is 0.00578. The molecule has 0 aromatic heterocycles. The van der Waals surface area contributed by atoms with Crippen LogP contribution in [0.5, 0.6) is 0 Å². The first-order valence-electron chi connectivity index (χ1n) is 6.87. The molecule has 110 valence electrons. The van der Waals surface area contributed by atoms with Gasteiger partial charge >= 0.3 is 7.12 Å². The zero-order valence-electron chi connectivity index (χ0n) is 13.1. The lowest BCUT2D eigenvalue weighted by Crippen LogP contribution is -2.41. The molecule has 1 aliphatic heterocycles. The second kappa shape index (κ2) is 5.17. The summed E-state index contributed by atoms with van der Waals surface area (Å²) in [5.41, 5.74) is 1.04. The van der Waals surface area contributed by atoms with Gasteiger partial charge in [-0.3, -0.25) is 5.41 Å². The average molecular weight is 285 g/mol. The Morgan fingerprint density at radius 2 is 1.81 bits per heavy atom. The minimum Gasteiger partial charge on any atom is -0.399 e. The fraction of sp³-hybridized carbons (Fsp3) is 0.467. The molecule has 6 heteroatoms. The van der Waals surface area contributed by atoms with Gasteiger partial charge in [0, 0.05) is 18.8 Å². The van der Waals surface area contributed by atoms with Crippen LogP contribution in [-0.2, 0) is 9.31 Å². The van der Waals surface area contributed by atoms with Gasteiger partial charge in [-0.15, -0.1) is 0 Å². The summed E-state index contributed by atoms with van der Waals surface area (Å²) >= 11 is 0. The minimum atomic E-state index is -0.535. The largest absolute Gasteiger partial charge is 0.494 e. The minimum absolute atomic E-state index is 0.201. The monoisotopic (exact) mass is 285 g/mol. The topological polar surface area (TPSA) is 78.1 Å². The molecule has 0 aromatic carbocycles. The quantitative estimate of drug-likeness (QED) is 0.762. The molecule has 0 unspecified atom stereocenters. The van der Waals surface area contributed by atoms with Crippen molar-refractivity contribution in [1.82, 2.24) is 5.32 Å². The van der Waals surface area contributed by atoms with Crippen molar-refractivity contribution < 1.29 is 9.31 Å². The van der Waals surface area contributed by atoms with Crippen LogP contribution in [0, 0.1) is 16.7 Å². The molecule has 2 N–H and O–H groups in total. The maximum absolute atomic E-state index is 9.20. The molecule has 0 amide bonds. The fourth-order valence-electron chi connectivity index (χ4n) is 2.16. The average Bonchev–Trinajstić information content (AvgIpc) is 2.61. The summed E-state index contributed by atoms with van der Waals surface area (Å²) in [5, 5.41) is 20.1. The number of hydrogen-bond donors (Lipinski definition) is 2. The Morgan fingerprint density at radius 3 is 2.29 bits per heavy atom. The molecular weight excluding hydrogens is 265 g/mol. The van der Waals surface area contributed by atoms with Crippen molar-refractivity contribution in [1.29, 1.82) is 10.7 Å². The van der Waals surface area contributed by atoms with Gasteiger partial charge in [-0.05, 0) is 39.2 Å². The fourth-order valence-corrected chi connectivity index (χ4v) is 2.16. The van der Waals surface area contributed by atoms with Crippen LogP contribution in [0.25, 0.3) is 0 Å². The van der Waals surface area contributed by atoms with Crippen LogP contribution in [0.2, 0.25) is 0 Å². The molecule has 0 atom stereocenters. The van der Waals surface area contributed by atoms with E-state index >= 15 is 0 Å². The standard InChI is InChI=1S/C15H20BN3O2/c1-14(2)15(3,4)21-16(20-14)12-6-10(8-17)13(18)11(7-12)9-19-5/h6-7,9,18-19H,1-5H3/b11-9-,18-13?. The highest BCUT2D eigenvalue weighted by Crippen LogP contribution is 2.39. The molecule has 1 heterocycles. The van der Waals surface area contributed by atoms with Gasteiger partial charge in [-0.2, -0.15) is 5.26 Å². The van der Waals surface area contributed by atoms with Crippen molar-refractivity contribution in [3.05, 3.63) is 35.0 Å². The van der Waals surface area contributed by atoms with Gasteiger partial charge in [0.05, 0.1) is 22.5 Å². The predicted molar refractivity (Wildman–Crippen MR) is 82.7 cm³/mol. The smallest absolute Gasteiger partial charge is 0.399 e. The van der Waals surface area contributed by atoms with Crippen molar-refractivity contribution >= 4 is 12.8 Å². The Morgan fingerprint density at radius 1 is 1.24 bits per heavy atom. The van der Waals surface area contributed by atoms with E-state index in [0.29, 0.717) is 11.1 Å². The van der Waals surface area contributed by atoms with Crippen molar-refractivity contribution in [2.45, 2.75) is 38.9 Å². The second-order valence-electron chi connectivity index (χ2n) is 6.17. The Balaban J connectivity index is 2.39. The number of rotatable bonds is 2. The van der Waals surface area contributed by atoms with Crippen LogP contribution in [0.3, 0.4) is 0 Å². The molecule has 5 nitrogen and oxygen atoms in total. The predicted octanol–water partition coefficient (Wildman–Crippen LogP) is 2.13. The van der Waals surface area contributed by atoms with Gasteiger partial charge < -0.3 is 14.6 Å². The molecular formula is C15H20BN3O2. The number of hydrogen-bond acceptors (Lipinski definition) is 5. The summed E-state index contributed by atoms with van der Waals surface area (Å²) in [7, 11) is 1.22. The van der Waals surface area contributed by atoms with E-state index in [2.05, 4.69) is 11.4 Å². The Kier molecular flexibility index (Phi) is 3.83. The molecule has 2 aliphatic rings. The first kappa shape index (κ1) is 15.6. The SMILES string of the molecule is CN/C=C1/C=C(B2OC(C)(C)C(C)(C)O2)C=C(C#N)C1=N. The summed E-state index contributed by atoms with van der Waals surface area (Å²) in [6.45, 7) is 7.94. The van der Waals surface area contributed by atoms with Crippen LogP contribution in [0.1, 0.15) is 27.7 Å². The van der Waals surface area contributed by atoms with Crippen LogP contribution in [0.15, 0.2) is 35.0 Å². The van der Waals surface area contributed by atoms with E-state index in [1.54, 1.807) is 19.3 Å². The number of nitrogens with one attached hydrogen (secondary N) is 2. The number of nitrogens with zero attached hydrogens (tertiary/aromatic N) is 1. The molecule has 1 saturated heterocycles. The van der Waals surface area contributed by atoms with Crippen LogP contribution in [0.4, 0.5) is 0 Å². The van der Waals surface area contributed by atoms with E-state index in [1.807, 2.05) is 33.8 Å². The van der Waals surface area contributed by atoms with Gasteiger partial charge in [0.25, 0.3) is 0 Å². The molecule has 0 bridgehead atoms. The zero-order chi connectivity index (χ0) is 15.8. The van der Waals surface area contributed by atoms with Crippen molar-refractivity contribution in [2.75, 3.05) is 7.05 Å². The Labute approximate surface area is 126 Å². The van der Waals surface area contributed by atoms with Crippen LogP contribution < -0.4 is 5.32 Å². The lowest BCUT2D eigenvalue weighted by atomic mass is 9.73. The summed E-state index contributed by atoms with van der Waals surface area (Å²) < 4.78 is 12.0. The highest BCUT2D eigenvalue weighted by Gasteiger charge is 2.52. The lowest BCUT2D eigenvalue weighted by Gasteiger charge is -2.32. The molecule has 2 rings (SSSR count). The van der Waals surface area contributed by atoms with Gasteiger partial charge in [0.1, 0.15) is 6.07 Å². The van der Waals surface area contributed by atoms with Crippen molar-refractivity contribution in [3.63, 3.8) is 0 Å². The highest BCUT2D eigenvalue weighted by atomic mass is 16.7. The van der Waals surface area contributed by atoms with Gasteiger partial charge in [0.15, 0.2) is 0 Å². The van der Waals surface area contributed by atoms with E-state index < -0.39 is 18.3 Å². The van der Waals surface area contributed by atoms with Gasteiger partial charge in [-0.25, -0.2) is 0 Å². The molecule has 0 aromatic rings. The van der Waals surface area contributed by atoms with E-state index in [0.717, 1.165) is 5.47 Å². The third-order valence-electron chi connectivity index (χ3n) is 4.14. The summed E-state index contributed by atoms with van der Waals surface area (Å²) in [6, 6.07) is 2.05. The van der Waals surface area contributed by atoms with Crippen molar-refractivity contribution in [3.8, 4) is 6.07 Å². The van der Waals surface area contributed by atoms with E-state index in [1.165, 1.54) is 0 Å². The molecule has 1 aliphatic carbocycles. The first-order chi connectivity index (χ1) is 9.71. The first-order valence-corrected chi connectivity index (χ1v) is 6.87. The molecule has 21 heavy (non-hydrogen) atoms. The number of nitriles is 1. The third kappa shape index (κ3) is 2.67. The summed E-state index contributed by atoms with van der Waals surface area (Å²) in [6.07, 6.45) is 5.18. The Hall–Kier alpha value is -1.84. The summed E-state index contributed by atoms with van der Waals surface area (Å²) in [5.74, 6) is 0. The van der Waals surface area contributed by atoms with Gasteiger partial charge in [-0.1, -0.05) is 6.08 Å². The van der Waals surface area contributed by atoms with E-state index in [4.69, 9.17) is 14.7 Å². The zero-order valence-corrected chi connectivity index (χ0v) is 13.1. The molecule has 0 spiro atoms. The molecule has 0 saturated carbocycles. The second-order valence-corrected chi connectivity index (χ2v) is 6.17. The van der Waals surface area contributed by atoms with Crippen LogP contribution in [-0.4, -0.2) is 31.1 Å². The molecule has 1 fully saturated rings. The maximum Gasteiger partial charge on any atom is 0.494 e. The summed E-state index contributed by atoms with van der Waals surface area (Å²) in [4.78, 5) is 0. The Bertz CT molecular complexity index is 593. The van der Waals surface area contributed by atoms with E-state index in [-0.39, 0.29) is 5.71 Å². The number of allylic oxidation sites excluding steroid dienone is 5. The third-order valence-corrected chi connectivity index (χ3v) is 4.14. The van der Waals surface area contributed by atoms with Gasteiger partial charge in [0.2, 0.25) is 0 Å². The maximum atomic E-state index is 9.20. The van der Waals surface area contributed by atoms with Crippen LogP contribution >= 0.6 is 0 Å².